The number of hydrogen-bond donors (Lipinski definition) is 0. The first-order valence-corrected chi connectivity index (χ1v) is 11.3. The van der Waals surface area contributed by atoms with E-state index in [-0.39, 0.29) is 5.97 Å². The fraction of sp³-hybridized carbons (Fsp3) is 0.583. The summed E-state index contributed by atoms with van der Waals surface area (Å²) in [4.78, 5) is 14.5. The van der Waals surface area contributed by atoms with Crippen molar-refractivity contribution in [3.05, 3.63) is 53.9 Å². The van der Waals surface area contributed by atoms with E-state index in [0.717, 1.165) is 38.8 Å². The number of carbonyl (C=O) groups excluding carboxylic acids is 1. The van der Waals surface area contributed by atoms with E-state index in [4.69, 9.17) is 9.47 Å². The van der Waals surface area contributed by atoms with Crippen molar-refractivity contribution >= 4 is 5.97 Å². The topological polar surface area (TPSA) is 56.6 Å². The fourth-order valence-electron chi connectivity index (χ4n) is 4.74. The van der Waals surface area contributed by atoms with Crippen LogP contribution >= 0.6 is 0 Å². The second-order valence-corrected chi connectivity index (χ2v) is 8.42. The summed E-state index contributed by atoms with van der Waals surface area (Å²) in [6.45, 7) is 5.19. The molecule has 0 atom stereocenters. The predicted molar refractivity (Wildman–Crippen MR) is 115 cm³/mol. The molecule has 0 amide bonds. The van der Waals surface area contributed by atoms with Crippen LogP contribution in [0.4, 0.5) is 0 Å². The number of aromatic nitrogens is 2. The van der Waals surface area contributed by atoms with Crippen LogP contribution in [0, 0.1) is 0 Å². The zero-order valence-corrected chi connectivity index (χ0v) is 17.9. The summed E-state index contributed by atoms with van der Waals surface area (Å²) in [5.41, 5.74) is 1.81. The van der Waals surface area contributed by atoms with E-state index in [2.05, 4.69) is 34.3 Å². The molecule has 0 N–H and O–H groups in total. The lowest BCUT2D eigenvalue weighted by Gasteiger charge is -2.40. The highest BCUT2D eigenvalue weighted by Gasteiger charge is 2.30. The lowest BCUT2D eigenvalue weighted by atomic mass is 9.89. The molecule has 30 heavy (non-hydrogen) atoms. The van der Waals surface area contributed by atoms with Crippen molar-refractivity contribution in [3.8, 4) is 0 Å². The number of nitrogens with zero attached hydrogens (tertiary/aromatic N) is 3. The standard InChI is InChI=1S/C24H33N3O3/c1-2-29-24(28)20-16-25-27(17-20)22-10-8-21(9-11-22)26-14-12-23(13-15-26)30-18-19-6-4-3-5-7-19/h3-7,16-17,21-23H,2,8-15,18H2,1H3. The summed E-state index contributed by atoms with van der Waals surface area (Å²) in [6, 6.07) is 11.5. The number of piperidine rings is 1. The third-order valence-corrected chi connectivity index (χ3v) is 6.47. The van der Waals surface area contributed by atoms with Crippen molar-refractivity contribution in [2.24, 2.45) is 0 Å². The molecular weight excluding hydrogens is 378 g/mol. The highest BCUT2D eigenvalue weighted by atomic mass is 16.5. The van der Waals surface area contributed by atoms with Crippen LogP contribution < -0.4 is 0 Å². The number of hydrogen-bond acceptors (Lipinski definition) is 5. The summed E-state index contributed by atoms with van der Waals surface area (Å²) in [5.74, 6) is -0.283. The minimum absolute atomic E-state index is 0.283. The minimum atomic E-state index is -0.283. The molecule has 2 heterocycles. The molecule has 1 aromatic carbocycles. The summed E-state index contributed by atoms with van der Waals surface area (Å²) in [6.07, 6.45) is 10.7. The SMILES string of the molecule is CCOC(=O)c1cnn(C2CCC(N3CCC(OCc4ccccc4)CC3)CC2)c1. The van der Waals surface area contributed by atoms with Gasteiger partial charge < -0.3 is 14.4 Å². The molecule has 0 spiro atoms. The molecule has 6 heteroatoms. The number of likely N-dealkylation sites (tertiary alicyclic amines) is 1. The summed E-state index contributed by atoms with van der Waals surface area (Å²) in [5, 5.41) is 4.42. The Morgan fingerprint density at radius 2 is 1.73 bits per heavy atom. The summed E-state index contributed by atoms with van der Waals surface area (Å²) in [7, 11) is 0. The lowest BCUT2D eigenvalue weighted by molar-refractivity contribution is -0.0160. The van der Waals surface area contributed by atoms with E-state index in [1.54, 1.807) is 6.20 Å². The fourth-order valence-corrected chi connectivity index (χ4v) is 4.74. The van der Waals surface area contributed by atoms with Gasteiger partial charge in [-0.3, -0.25) is 4.68 Å². The van der Waals surface area contributed by atoms with Gasteiger partial charge in [-0.25, -0.2) is 4.79 Å². The number of rotatable bonds is 7. The number of benzene rings is 1. The monoisotopic (exact) mass is 411 g/mol. The Morgan fingerprint density at radius 3 is 2.43 bits per heavy atom. The van der Waals surface area contributed by atoms with Gasteiger partial charge in [0.2, 0.25) is 0 Å². The van der Waals surface area contributed by atoms with Gasteiger partial charge in [-0.05, 0) is 51.0 Å². The molecule has 2 aliphatic rings. The van der Waals surface area contributed by atoms with Crippen molar-refractivity contribution in [1.82, 2.24) is 14.7 Å². The average Bonchev–Trinajstić information content (AvgIpc) is 3.30. The van der Waals surface area contributed by atoms with Gasteiger partial charge in [0.25, 0.3) is 0 Å². The quantitative estimate of drug-likeness (QED) is 0.639. The van der Waals surface area contributed by atoms with Gasteiger partial charge >= 0.3 is 5.97 Å². The number of esters is 1. The number of carbonyl (C=O) groups is 1. The smallest absolute Gasteiger partial charge is 0.341 e. The van der Waals surface area contributed by atoms with Crippen LogP contribution in [0.1, 0.15) is 67.4 Å². The zero-order chi connectivity index (χ0) is 20.8. The van der Waals surface area contributed by atoms with Gasteiger partial charge in [-0.15, -0.1) is 0 Å². The molecular formula is C24H33N3O3. The molecule has 2 fully saturated rings. The Bertz CT molecular complexity index is 791. The maximum absolute atomic E-state index is 11.9. The Hall–Kier alpha value is -2.18. The molecule has 162 valence electrons. The van der Waals surface area contributed by atoms with E-state index in [1.165, 1.54) is 18.4 Å². The third-order valence-electron chi connectivity index (χ3n) is 6.47. The lowest BCUT2D eigenvalue weighted by Crippen LogP contribution is -2.45. The van der Waals surface area contributed by atoms with E-state index < -0.39 is 0 Å². The van der Waals surface area contributed by atoms with Crippen LogP contribution in [0.3, 0.4) is 0 Å². The molecule has 1 saturated heterocycles. The predicted octanol–water partition coefficient (Wildman–Crippen LogP) is 4.22. The molecule has 0 radical (unpaired) electrons. The Labute approximate surface area is 179 Å². The van der Waals surface area contributed by atoms with E-state index in [9.17, 15) is 4.79 Å². The first-order valence-electron chi connectivity index (χ1n) is 11.3. The molecule has 0 bridgehead atoms. The molecule has 1 saturated carbocycles. The molecule has 1 aliphatic heterocycles. The van der Waals surface area contributed by atoms with Crippen LogP contribution in [0.2, 0.25) is 0 Å². The summed E-state index contributed by atoms with van der Waals surface area (Å²) < 4.78 is 13.2. The molecule has 6 nitrogen and oxygen atoms in total. The van der Waals surface area contributed by atoms with E-state index in [0.29, 0.717) is 37.0 Å². The Kier molecular flexibility index (Phi) is 7.18. The second-order valence-electron chi connectivity index (χ2n) is 8.42. The largest absolute Gasteiger partial charge is 0.462 e. The van der Waals surface area contributed by atoms with Crippen LogP contribution in [-0.4, -0.2) is 52.5 Å². The van der Waals surface area contributed by atoms with E-state index >= 15 is 0 Å². The number of ether oxygens (including phenoxy) is 2. The maximum atomic E-state index is 11.9. The van der Waals surface area contributed by atoms with Gasteiger partial charge in [0, 0.05) is 25.3 Å². The van der Waals surface area contributed by atoms with Crippen molar-refractivity contribution in [2.75, 3.05) is 19.7 Å². The highest BCUT2D eigenvalue weighted by molar-refractivity contribution is 5.88. The average molecular weight is 412 g/mol. The second kappa shape index (κ2) is 10.2. The van der Waals surface area contributed by atoms with E-state index in [1.807, 2.05) is 23.9 Å². The zero-order valence-electron chi connectivity index (χ0n) is 17.9. The first-order chi connectivity index (χ1) is 14.7. The molecule has 1 aliphatic carbocycles. The Morgan fingerprint density at radius 1 is 1.03 bits per heavy atom. The van der Waals surface area contributed by atoms with Crippen molar-refractivity contribution < 1.29 is 14.3 Å². The first kappa shape index (κ1) is 21.1. The molecule has 0 unspecified atom stereocenters. The van der Waals surface area contributed by atoms with Crippen LogP contribution in [-0.2, 0) is 16.1 Å². The molecule has 4 rings (SSSR count). The normalized spacial score (nSPS) is 23.4. The van der Waals surface area contributed by atoms with Crippen molar-refractivity contribution in [2.45, 2.75) is 70.2 Å². The highest BCUT2D eigenvalue weighted by Crippen LogP contribution is 2.32. The maximum Gasteiger partial charge on any atom is 0.341 e. The van der Waals surface area contributed by atoms with Crippen LogP contribution in [0.15, 0.2) is 42.7 Å². The van der Waals surface area contributed by atoms with Crippen LogP contribution in [0.25, 0.3) is 0 Å². The van der Waals surface area contributed by atoms with Crippen LogP contribution in [0.5, 0.6) is 0 Å². The van der Waals surface area contributed by atoms with Gasteiger partial charge in [-0.2, -0.15) is 5.10 Å². The van der Waals surface area contributed by atoms with Gasteiger partial charge in [0.15, 0.2) is 0 Å². The van der Waals surface area contributed by atoms with Gasteiger partial charge in [0.1, 0.15) is 0 Å². The van der Waals surface area contributed by atoms with Crippen molar-refractivity contribution in [1.29, 1.82) is 0 Å². The van der Waals surface area contributed by atoms with Gasteiger partial charge in [-0.1, -0.05) is 30.3 Å². The molecule has 2 aromatic rings. The van der Waals surface area contributed by atoms with Crippen molar-refractivity contribution in [3.63, 3.8) is 0 Å². The minimum Gasteiger partial charge on any atom is -0.462 e. The summed E-state index contributed by atoms with van der Waals surface area (Å²) >= 11 is 0. The Balaban J connectivity index is 1.19. The molecule has 1 aromatic heterocycles. The van der Waals surface area contributed by atoms with Gasteiger partial charge in [0.05, 0.1) is 37.1 Å². The third kappa shape index (κ3) is 5.29.